The highest BCUT2D eigenvalue weighted by atomic mass is 35.5. The molecule has 1 aliphatic rings. The standard InChI is InChI=1S/C10H10ClNO2S/c1-12-5-9(10(13)14)15-8-3-2-6(11)4-7(8)12/h2-4,9H,5H2,1H3,(H,13,14). The van der Waals surface area contributed by atoms with E-state index in [4.69, 9.17) is 16.7 Å². The number of fused-ring (bicyclic) bond motifs is 1. The summed E-state index contributed by atoms with van der Waals surface area (Å²) >= 11 is 7.27. The van der Waals surface area contributed by atoms with Crippen LogP contribution >= 0.6 is 23.4 Å². The Hall–Kier alpha value is -0.870. The van der Waals surface area contributed by atoms with E-state index >= 15 is 0 Å². The zero-order valence-corrected chi connectivity index (χ0v) is 9.68. The average molecular weight is 244 g/mol. The molecule has 0 amide bonds. The first-order chi connectivity index (χ1) is 7.08. The van der Waals surface area contributed by atoms with Crippen molar-refractivity contribution in [3.05, 3.63) is 23.2 Å². The lowest BCUT2D eigenvalue weighted by molar-refractivity contribution is -0.136. The van der Waals surface area contributed by atoms with Crippen molar-refractivity contribution in [3.8, 4) is 0 Å². The monoisotopic (exact) mass is 243 g/mol. The van der Waals surface area contributed by atoms with E-state index in [0.29, 0.717) is 11.6 Å². The third-order valence-electron chi connectivity index (χ3n) is 2.32. The maximum Gasteiger partial charge on any atom is 0.318 e. The smallest absolute Gasteiger partial charge is 0.318 e. The first-order valence-electron chi connectivity index (χ1n) is 4.48. The molecule has 0 saturated carbocycles. The predicted octanol–water partition coefficient (Wildman–Crippen LogP) is 2.34. The minimum absolute atomic E-state index is 0.399. The van der Waals surface area contributed by atoms with E-state index in [9.17, 15) is 4.79 Å². The van der Waals surface area contributed by atoms with Gasteiger partial charge in [-0.25, -0.2) is 0 Å². The van der Waals surface area contributed by atoms with Crippen LogP contribution in [0.2, 0.25) is 5.02 Å². The maximum atomic E-state index is 10.9. The zero-order valence-electron chi connectivity index (χ0n) is 8.11. The Morgan fingerprint density at radius 2 is 2.40 bits per heavy atom. The molecule has 0 fully saturated rings. The second-order valence-electron chi connectivity index (χ2n) is 3.44. The van der Waals surface area contributed by atoms with Gasteiger partial charge in [-0.3, -0.25) is 4.79 Å². The molecule has 0 radical (unpaired) electrons. The molecule has 1 unspecified atom stereocenters. The van der Waals surface area contributed by atoms with Crippen molar-refractivity contribution in [1.82, 2.24) is 0 Å². The van der Waals surface area contributed by atoms with Gasteiger partial charge in [-0.1, -0.05) is 11.6 Å². The molecule has 1 aliphatic heterocycles. The predicted molar refractivity (Wildman–Crippen MR) is 62.0 cm³/mol. The Morgan fingerprint density at radius 1 is 1.67 bits per heavy atom. The van der Waals surface area contributed by atoms with Crippen LogP contribution in [0.3, 0.4) is 0 Å². The summed E-state index contributed by atoms with van der Waals surface area (Å²) in [6.07, 6.45) is 0. The first-order valence-corrected chi connectivity index (χ1v) is 5.74. The third-order valence-corrected chi connectivity index (χ3v) is 3.79. The van der Waals surface area contributed by atoms with Gasteiger partial charge in [0.15, 0.2) is 0 Å². The van der Waals surface area contributed by atoms with Gasteiger partial charge in [0.05, 0.1) is 5.69 Å². The molecule has 1 aromatic rings. The molecule has 5 heteroatoms. The van der Waals surface area contributed by atoms with Crippen LogP contribution in [-0.4, -0.2) is 29.9 Å². The number of aliphatic carboxylic acids is 1. The van der Waals surface area contributed by atoms with Crippen LogP contribution in [0.4, 0.5) is 5.69 Å². The highest BCUT2D eigenvalue weighted by molar-refractivity contribution is 8.00. The SMILES string of the molecule is CN1CC(C(=O)O)Sc2ccc(Cl)cc21. The highest BCUT2D eigenvalue weighted by Gasteiger charge is 2.27. The number of hydrogen-bond acceptors (Lipinski definition) is 3. The summed E-state index contributed by atoms with van der Waals surface area (Å²) in [6, 6.07) is 5.52. The number of carbonyl (C=O) groups is 1. The van der Waals surface area contributed by atoms with E-state index in [-0.39, 0.29) is 0 Å². The van der Waals surface area contributed by atoms with E-state index in [1.54, 1.807) is 6.07 Å². The van der Waals surface area contributed by atoms with Gasteiger partial charge in [0.25, 0.3) is 0 Å². The Labute approximate surface area is 97.0 Å². The number of hydrogen-bond donors (Lipinski definition) is 1. The van der Waals surface area contributed by atoms with E-state index in [0.717, 1.165) is 10.6 Å². The first kappa shape index (κ1) is 10.6. The van der Waals surface area contributed by atoms with E-state index < -0.39 is 11.2 Å². The Morgan fingerprint density at radius 3 is 3.07 bits per heavy atom. The molecule has 0 saturated heterocycles. The number of rotatable bonds is 1. The van der Waals surface area contributed by atoms with Gasteiger partial charge in [0.2, 0.25) is 0 Å². The maximum absolute atomic E-state index is 10.9. The molecule has 1 atom stereocenters. The summed E-state index contributed by atoms with van der Waals surface area (Å²) in [7, 11) is 1.88. The van der Waals surface area contributed by atoms with Crippen LogP contribution in [-0.2, 0) is 4.79 Å². The van der Waals surface area contributed by atoms with Crippen LogP contribution in [0, 0.1) is 0 Å². The lowest BCUT2D eigenvalue weighted by atomic mass is 10.2. The lowest BCUT2D eigenvalue weighted by Crippen LogP contribution is -2.35. The van der Waals surface area contributed by atoms with Crippen LogP contribution in [0.5, 0.6) is 0 Å². The molecule has 0 bridgehead atoms. The fourth-order valence-corrected chi connectivity index (χ4v) is 2.91. The van der Waals surface area contributed by atoms with Crippen LogP contribution < -0.4 is 4.90 Å². The average Bonchev–Trinajstić information content (AvgIpc) is 2.18. The molecule has 15 heavy (non-hydrogen) atoms. The van der Waals surface area contributed by atoms with Crippen LogP contribution in [0.15, 0.2) is 23.1 Å². The minimum Gasteiger partial charge on any atom is -0.480 e. The Bertz CT molecular complexity index is 410. The highest BCUT2D eigenvalue weighted by Crippen LogP contribution is 2.39. The lowest BCUT2D eigenvalue weighted by Gasteiger charge is -2.30. The van der Waals surface area contributed by atoms with Gasteiger partial charge >= 0.3 is 5.97 Å². The van der Waals surface area contributed by atoms with Crippen LogP contribution in [0.25, 0.3) is 0 Å². The molecular weight excluding hydrogens is 234 g/mol. The largest absolute Gasteiger partial charge is 0.480 e. The van der Waals surface area contributed by atoms with E-state index in [2.05, 4.69) is 0 Å². The van der Waals surface area contributed by atoms with Gasteiger partial charge in [-0.05, 0) is 18.2 Å². The third kappa shape index (κ3) is 2.06. The van der Waals surface area contributed by atoms with Crippen molar-refractivity contribution in [3.63, 3.8) is 0 Å². The number of benzene rings is 1. The Kier molecular flexibility index (Phi) is 2.80. The number of halogens is 1. The quantitative estimate of drug-likeness (QED) is 0.822. The van der Waals surface area contributed by atoms with Crippen molar-refractivity contribution >= 4 is 35.0 Å². The molecule has 1 N–H and O–H groups in total. The van der Waals surface area contributed by atoms with Gasteiger partial charge in [-0.2, -0.15) is 0 Å². The number of carboxylic acid groups (broad SMARTS) is 1. The minimum atomic E-state index is -0.771. The summed E-state index contributed by atoms with van der Waals surface area (Å²) in [5, 5.41) is 9.24. The van der Waals surface area contributed by atoms with Crippen molar-refractivity contribution in [2.45, 2.75) is 10.1 Å². The second-order valence-corrected chi connectivity index (χ2v) is 5.12. The summed E-state index contributed by atoms with van der Waals surface area (Å²) < 4.78 is 0. The number of carboxylic acids is 1. The summed E-state index contributed by atoms with van der Waals surface area (Å²) in [5.74, 6) is -0.771. The van der Waals surface area contributed by atoms with E-state index in [1.807, 2.05) is 24.1 Å². The van der Waals surface area contributed by atoms with Crippen LogP contribution in [0.1, 0.15) is 0 Å². The topological polar surface area (TPSA) is 40.5 Å². The van der Waals surface area contributed by atoms with Gasteiger partial charge in [-0.15, -0.1) is 11.8 Å². The fourth-order valence-electron chi connectivity index (χ4n) is 1.55. The molecule has 0 aromatic heterocycles. The van der Waals surface area contributed by atoms with Gasteiger partial charge < -0.3 is 10.0 Å². The Balaban J connectivity index is 2.36. The van der Waals surface area contributed by atoms with Crippen molar-refractivity contribution in [2.24, 2.45) is 0 Å². The molecular formula is C10H10ClNO2S. The summed E-state index contributed by atoms with van der Waals surface area (Å²) in [4.78, 5) is 13.8. The van der Waals surface area contributed by atoms with Gasteiger partial charge in [0, 0.05) is 23.5 Å². The fraction of sp³-hybridized carbons (Fsp3) is 0.300. The summed E-state index contributed by atoms with van der Waals surface area (Å²) in [6.45, 7) is 0.507. The second kappa shape index (κ2) is 3.94. The number of thioether (sulfide) groups is 1. The van der Waals surface area contributed by atoms with Crippen molar-refractivity contribution in [1.29, 1.82) is 0 Å². The van der Waals surface area contributed by atoms with E-state index in [1.165, 1.54) is 11.8 Å². The molecule has 1 heterocycles. The molecule has 3 nitrogen and oxygen atoms in total. The normalized spacial score (nSPS) is 19.9. The van der Waals surface area contributed by atoms with Crippen molar-refractivity contribution < 1.29 is 9.90 Å². The molecule has 2 rings (SSSR count). The number of anilines is 1. The molecule has 80 valence electrons. The molecule has 0 spiro atoms. The summed E-state index contributed by atoms with van der Waals surface area (Å²) in [5.41, 5.74) is 1.00. The zero-order chi connectivity index (χ0) is 11.0. The molecule has 0 aliphatic carbocycles. The number of nitrogens with zero attached hydrogens (tertiary/aromatic N) is 1. The molecule has 1 aromatic carbocycles. The van der Waals surface area contributed by atoms with Gasteiger partial charge in [0.1, 0.15) is 5.25 Å². The van der Waals surface area contributed by atoms with Crippen molar-refractivity contribution in [2.75, 3.05) is 18.5 Å².